The first-order valence-electron chi connectivity index (χ1n) is 14.0. The molecule has 2 unspecified atom stereocenters. The second-order valence-corrected chi connectivity index (χ2v) is 10.6. The van der Waals surface area contributed by atoms with Crippen molar-refractivity contribution in [3.63, 3.8) is 0 Å². The topological polar surface area (TPSA) is 79.3 Å². The van der Waals surface area contributed by atoms with Crippen molar-refractivity contribution >= 4 is 12.0 Å². The van der Waals surface area contributed by atoms with Gasteiger partial charge >= 0.3 is 6.09 Å². The van der Waals surface area contributed by atoms with Crippen LogP contribution in [-0.2, 0) is 11.3 Å². The summed E-state index contributed by atoms with van der Waals surface area (Å²) in [5.41, 5.74) is 1.87. The lowest BCUT2D eigenvalue weighted by molar-refractivity contribution is -0.138. The van der Waals surface area contributed by atoms with E-state index >= 15 is 4.39 Å². The van der Waals surface area contributed by atoms with Gasteiger partial charge in [0.25, 0.3) is 0 Å². The van der Waals surface area contributed by atoms with Crippen molar-refractivity contribution in [2.24, 2.45) is 0 Å². The Morgan fingerprint density at radius 3 is 1.93 bits per heavy atom. The van der Waals surface area contributed by atoms with E-state index in [1.807, 2.05) is 24.3 Å². The molecule has 0 aromatic heterocycles. The van der Waals surface area contributed by atoms with Gasteiger partial charge in [0.1, 0.15) is 17.3 Å². The van der Waals surface area contributed by atoms with Gasteiger partial charge in [0.2, 0.25) is 5.91 Å². The fraction of sp³-hybridized carbons (Fsp3) is 0.235. The fourth-order valence-electron chi connectivity index (χ4n) is 5.81. The predicted molar refractivity (Wildman–Crippen MR) is 157 cm³/mol. The number of nitrogens with zero attached hydrogens (tertiary/aromatic N) is 2. The van der Waals surface area contributed by atoms with Crippen LogP contribution in [0, 0.1) is 17.5 Å². The molecule has 4 aromatic rings. The van der Waals surface area contributed by atoms with Gasteiger partial charge in [-0.3, -0.25) is 9.69 Å². The molecule has 7 nitrogen and oxygen atoms in total. The molecule has 1 saturated heterocycles. The number of hydrogen-bond acceptors (Lipinski definition) is 4. The van der Waals surface area contributed by atoms with Crippen LogP contribution >= 0.6 is 0 Å². The van der Waals surface area contributed by atoms with E-state index in [2.05, 4.69) is 0 Å². The Labute approximate surface area is 253 Å². The van der Waals surface area contributed by atoms with Gasteiger partial charge in [-0.25, -0.2) is 18.0 Å². The van der Waals surface area contributed by atoms with E-state index in [9.17, 15) is 23.5 Å². The molecule has 2 atom stereocenters. The van der Waals surface area contributed by atoms with Crippen molar-refractivity contribution in [2.75, 3.05) is 20.8 Å². The zero-order chi connectivity index (χ0) is 31.4. The summed E-state index contributed by atoms with van der Waals surface area (Å²) >= 11 is 0. The molecule has 44 heavy (non-hydrogen) atoms. The van der Waals surface area contributed by atoms with E-state index in [4.69, 9.17) is 9.47 Å². The first-order valence-corrected chi connectivity index (χ1v) is 14.0. The Balaban J connectivity index is 1.62. The molecule has 4 aromatic carbocycles. The number of halogens is 3. The van der Waals surface area contributed by atoms with E-state index < -0.39 is 47.5 Å². The highest BCUT2D eigenvalue weighted by molar-refractivity contribution is 5.80. The summed E-state index contributed by atoms with van der Waals surface area (Å²) in [6.07, 6.45) is -1.64. The number of carbonyl (C=O) groups is 2. The maximum atomic E-state index is 15.2. The molecule has 0 bridgehead atoms. The number of carbonyl (C=O) groups excluding carboxylic acids is 1. The Hall–Kier alpha value is -4.99. The number of ether oxygens (including phenoxy) is 2. The van der Waals surface area contributed by atoms with E-state index in [-0.39, 0.29) is 25.1 Å². The maximum Gasteiger partial charge on any atom is 0.407 e. The Bertz CT molecular complexity index is 1570. The smallest absolute Gasteiger partial charge is 0.407 e. The van der Waals surface area contributed by atoms with Crippen molar-refractivity contribution in [2.45, 2.75) is 31.0 Å². The summed E-state index contributed by atoms with van der Waals surface area (Å²) in [5, 5.41) is 10.4. The van der Waals surface area contributed by atoms with Crippen molar-refractivity contribution in [3.05, 3.63) is 131 Å². The van der Waals surface area contributed by atoms with Crippen molar-refractivity contribution in [3.8, 4) is 11.5 Å². The van der Waals surface area contributed by atoms with Gasteiger partial charge in [-0.1, -0.05) is 54.6 Å². The summed E-state index contributed by atoms with van der Waals surface area (Å²) in [7, 11) is 3.08. The molecule has 1 heterocycles. The monoisotopic (exact) mass is 604 g/mol. The van der Waals surface area contributed by atoms with Crippen LogP contribution in [0.1, 0.15) is 40.6 Å². The molecule has 228 valence electrons. The van der Waals surface area contributed by atoms with E-state index in [0.29, 0.717) is 23.1 Å². The summed E-state index contributed by atoms with van der Waals surface area (Å²) < 4.78 is 54.2. The predicted octanol–water partition coefficient (Wildman–Crippen LogP) is 6.78. The first kappa shape index (κ1) is 30.5. The number of benzene rings is 4. The lowest BCUT2D eigenvalue weighted by Gasteiger charge is -2.46. The number of amides is 2. The molecule has 1 aliphatic rings. The minimum atomic E-state index is -1.37. The Morgan fingerprint density at radius 2 is 1.41 bits per heavy atom. The lowest BCUT2D eigenvalue weighted by Crippen LogP contribution is -2.56. The van der Waals surface area contributed by atoms with Gasteiger partial charge in [-0.05, 0) is 52.6 Å². The molecule has 2 amide bonds. The molecule has 0 spiro atoms. The molecule has 0 aliphatic carbocycles. The number of hydrogen-bond donors (Lipinski definition) is 1. The molecule has 1 aliphatic heterocycles. The summed E-state index contributed by atoms with van der Waals surface area (Å²) in [4.78, 5) is 29.5. The van der Waals surface area contributed by atoms with Crippen LogP contribution in [0.25, 0.3) is 0 Å². The average Bonchev–Trinajstić information content (AvgIpc) is 3.03. The third-order valence-corrected chi connectivity index (χ3v) is 8.02. The van der Waals surface area contributed by atoms with Crippen LogP contribution in [0.2, 0.25) is 0 Å². The second-order valence-electron chi connectivity index (χ2n) is 10.6. The highest BCUT2D eigenvalue weighted by Crippen LogP contribution is 2.40. The van der Waals surface area contributed by atoms with Crippen molar-refractivity contribution < 1.29 is 37.3 Å². The third kappa shape index (κ3) is 6.34. The number of methoxy groups -OCH3 is 2. The normalized spacial score (nSPS) is 16.6. The van der Waals surface area contributed by atoms with E-state index in [1.54, 1.807) is 73.7 Å². The van der Waals surface area contributed by atoms with E-state index in [1.165, 1.54) is 0 Å². The van der Waals surface area contributed by atoms with Crippen LogP contribution in [-0.4, -0.2) is 53.7 Å². The average molecular weight is 605 g/mol. The molecule has 1 N–H and O–H groups in total. The van der Waals surface area contributed by atoms with Crippen LogP contribution in [0.3, 0.4) is 0 Å². The van der Waals surface area contributed by atoms with Gasteiger partial charge in [0, 0.05) is 31.5 Å². The molecule has 0 saturated carbocycles. The molecule has 5 rings (SSSR count). The molecule has 0 radical (unpaired) electrons. The molecule has 1 fully saturated rings. The largest absolute Gasteiger partial charge is 0.497 e. The Morgan fingerprint density at radius 1 is 0.864 bits per heavy atom. The van der Waals surface area contributed by atoms with Crippen molar-refractivity contribution in [1.29, 1.82) is 0 Å². The minimum Gasteiger partial charge on any atom is -0.497 e. The zero-order valence-electron chi connectivity index (χ0n) is 24.1. The summed E-state index contributed by atoms with van der Waals surface area (Å²) in [6, 6.07) is 22.6. The lowest BCUT2D eigenvalue weighted by atomic mass is 9.81. The molecular weight excluding hydrogens is 573 g/mol. The van der Waals surface area contributed by atoms with Gasteiger partial charge in [-0.15, -0.1) is 0 Å². The number of carboxylic acid groups (broad SMARTS) is 1. The highest BCUT2D eigenvalue weighted by atomic mass is 19.2. The van der Waals surface area contributed by atoms with Crippen LogP contribution in [0.15, 0.2) is 91.0 Å². The van der Waals surface area contributed by atoms with Gasteiger partial charge < -0.3 is 19.5 Å². The fourth-order valence-corrected chi connectivity index (χ4v) is 5.81. The highest BCUT2D eigenvalue weighted by Gasteiger charge is 2.44. The van der Waals surface area contributed by atoms with Crippen molar-refractivity contribution in [1.82, 2.24) is 9.80 Å². The SMILES string of the molecule is COc1ccc(C(c2ccc(OC)cc2)N2CC(N(Cc3ccccc3)C(=O)O)C(c3cc(F)c(F)cc3F)CC2=O)cc1. The zero-order valence-corrected chi connectivity index (χ0v) is 24.1. The number of piperidine rings is 1. The summed E-state index contributed by atoms with van der Waals surface area (Å²) in [6.45, 7) is -0.218. The van der Waals surface area contributed by atoms with Gasteiger partial charge in [0.05, 0.1) is 26.3 Å². The molecular formula is C34H31F3N2O5. The Kier molecular flexibility index (Phi) is 9.08. The maximum absolute atomic E-state index is 15.2. The number of likely N-dealkylation sites (tertiary alicyclic amines) is 1. The van der Waals surface area contributed by atoms with Gasteiger partial charge in [0.15, 0.2) is 11.6 Å². The minimum absolute atomic E-state index is 0.0690. The third-order valence-electron chi connectivity index (χ3n) is 8.02. The van der Waals surface area contributed by atoms with Crippen LogP contribution in [0.5, 0.6) is 11.5 Å². The van der Waals surface area contributed by atoms with Gasteiger partial charge in [-0.2, -0.15) is 0 Å². The van der Waals surface area contributed by atoms with Crippen LogP contribution < -0.4 is 9.47 Å². The summed E-state index contributed by atoms with van der Waals surface area (Å²) in [5.74, 6) is -3.97. The second kappa shape index (κ2) is 13.1. The standard InChI is InChI=1S/C34H31F3N2O5/c1-43-24-12-8-22(9-13-24)33(23-10-14-25(44-2)15-11-23)39-20-31(38(34(41)42)19-21-6-4-3-5-7-21)27(17-32(39)40)26-16-29(36)30(37)18-28(26)35/h3-16,18,27,31,33H,17,19-20H2,1-2H3,(H,41,42). The van der Waals surface area contributed by atoms with Crippen LogP contribution in [0.4, 0.5) is 18.0 Å². The quantitative estimate of drug-likeness (QED) is 0.213. The van der Waals surface area contributed by atoms with E-state index in [0.717, 1.165) is 22.1 Å². The number of rotatable bonds is 9. The molecule has 10 heteroatoms. The first-order chi connectivity index (χ1) is 21.2.